The smallest absolute Gasteiger partial charge is 0.192 e. The molecule has 2 N–H and O–H groups in total. The lowest BCUT2D eigenvalue weighted by molar-refractivity contribution is 0.561. The van der Waals surface area contributed by atoms with Crippen LogP contribution in [0.5, 0.6) is 0 Å². The monoisotopic (exact) mass is 231 g/mol. The van der Waals surface area contributed by atoms with Gasteiger partial charge in [0, 0.05) is 17.9 Å². The molecule has 16 heavy (non-hydrogen) atoms. The first-order valence-corrected chi connectivity index (χ1v) is 5.69. The molecule has 0 saturated heterocycles. The highest BCUT2D eigenvalue weighted by Gasteiger charge is 2.07. The Morgan fingerprint density at radius 3 is 2.94 bits per heavy atom. The van der Waals surface area contributed by atoms with Gasteiger partial charge in [0.05, 0.1) is 0 Å². The van der Waals surface area contributed by atoms with Crippen molar-refractivity contribution in [1.29, 1.82) is 0 Å². The standard InChI is InChI=1S/C11H9N3OS/c1-6-13-8-3-2-7(4-9(8)15-6)11-14-10(12)5-16-11/h2-5H,12H2,1H3. The molecule has 4 nitrogen and oxygen atoms in total. The van der Waals surface area contributed by atoms with E-state index in [1.165, 1.54) is 11.3 Å². The van der Waals surface area contributed by atoms with E-state index in [1.54, 1.807) is 0 Å². The maximum absolute atomic E-state index is 5.60. The van der Waals surface area contributed by atoms with Gasteiger partial charge in [-0.3, -0.25) is 0 Å². The van der Waals surface area contributed by atoms with Crippen LogP contribution in [0, 0.1) is 6.92 Å². The van der Waals surface area contributed by atoms with Gasteiger partial charge in [0.1, 0.15) is 16.3 Å². The summed E-state index contributed by atoms with van der Waals surface area (Å²) >= 11 is 1.52. The topological polar surface area (TPSA) is 64.9 Å². The molecule has 0 amide bonds. The van der Waals surface area contributed by atoms with Crippen molar-refractivity contribution in [1.82, 2.24) is 9.97 Å². The Balaban J connectivity index is 2.17. The predicted octanol–water partition coefficient (Wildman–Crippen LogP) is 2.84. The Labute approximate surface area is 95.7 Å². The third kappa shape index (κ3) is 1.45. The van der Waals surface area contributed by atoms with Crippen molar-refractivity contribution in [3.63, 3.8) is 0 Å². The van der Waals surface area contributed by atoms with E-state index in [9.17, 15) is 0 Å². The maximum Gasteiger partial charge on any atom is 0.192 e. The van der Waals surface area contributed by atoms with E-state index in [1.807, 2.05) is 30.5 Å². The van der Waals surface area contributed by atoms with Crippen LogP contribution < -0.4 is 5.73 Å². The summed E-state index contributed by atoms with van der Waals surface area (Å²) in [4.78, 5) is 8.47. The van der Waals surface area contributed by atoms with Gasteiger partial charge in [0.2, 0.25) is 0 Å². The molecule has 0 radical (unpaired) electrons. The second-order valence-corrected chi connectivity index (χ2v) is 4.35. The van der Waals surface area contributed by atoms with Crippen LogP contribution in [-0.2, 0) is 0 Å². The number of benzene rings is 1. The molecule has 0 spiro atoms. The van der Waals surface area contributed by atoms with Gasteiger partial charge in [-0.1, -0.05) is 0 Å². The third-order valence-corrected chi connectivity index (χ3v) is 3.17. The first-order chi connectivity index (χ1) is 7.72. The fourth-order valence-electron chi connectivity index (χ4n) is 1.59. The second-order valence-electron chi connectivity index (χ2n) is 3.49. The van der Waals surface area contributed by atoms with Gasteiger partial charge >= 0.3 is 0 Å². The number of hydrogen-bond acceptors (Lipinski definition) is 5. The Kier molecular flexibility index (Phi) is 1.94. The van der Waals surface area contributed by atoms with Crippen LogP contribution in [0.25, 0.3) is 21.7 Å². The first-order valence-electron chi connectivity index (χ1n) is 4.81. The Hall–Kier alpha value is -1.88. The van der Waals surface area contributed by atoms with E-state index in [2.05, 4.69) is 9.97 Å². The molecule has 0 atom stereocenters. The zero-order valence-electron chi connectivity index (χ0n) is 8.60. The molecular weight excluding hydrogens is 222 g/mol. The number of fused-ring (bicyclic) bond motifs is 1. The largest absolute Gasteiger partial charge is 0.441 e. The number of aryl methyl sites for hydroxylation is 1. The van der Waals surface area contributed by atoms with E-state index in [4.69, 9.17) is 10.2 Å². The van der Waals surface area contributed by atoms with Crippen molar-refractivity contribution in [3.05, 3.63) is 29.5 Å². The van der Waals surface area contributed by atoms with Crippen LogP contribution in [-0.4, -0.2) is 9.97 Å². The first kappa shape index (κ1) is 9.35. The SMILES string of the molecule is Cc1nc2ccc(-c3nc(N)cs3)cc2o1. The van der Waals surface area contributed by atoms with Crippen LogP contribution in [0.4, 0.5) is 5.82 Å². The molecule has 3 aromatic rings. The molecule has 0 unspecified atom stereocenters. The van der Waals surface area contributed by atoms with E-state index in [0.717, 1.165) is 21.7 Å². The summed E-state index contributed by atoms with van der Waals surface area (Å²) in [6.07, 6.45) is 0. The quantitative estimate of drug-likeness (QED) is 0.699. The van der Waals surface area contributed by atoms with Gasteiger partial charge in [-0.2, -0.15) is 0 Å². The number of anilines is 1. The molecule has 0 bridgehead atoms. The van der Waals surface area contributed by atoms with Crippen LogP contribution in [0.2, 0.25) is 0 Å². The highest BCUT2D eigenvalue weighted by atomic mass is 32.1. The lowest BCUT2D eigenvalue weighted by atomic mass is 10.2. The number of oxazole rings is 1. The van der Waals surface area contributed by atoms with Crippen LogP contribution >= 0.6 is 11.3 Å². The van der Waals surface area contributed by atoms with Crippen LogP contribution in [0.1, 0.15) is 5.89 Å². The van der Waals surface area contributed by atoms with Gasteiger partial charge in [-0.25, -0.2) is 9.97 Å². The van der Waals surface area contributed by atoms with Crippen molar-refractivity contribution in [3.8, 4) is 10.6 Å². The average Bonchev–Trinajstić information content (AvgIpc) is 2.81. The van der Waals surface area contributed by atoms with E-state index < -0.39 is 0 Å². The predicted molar refractivity (Wildman–Crippen MR) is 64.3 cm³/mol. The minimum absolute atomic E-state index is 0.550. The molecule has 0 fully saturated rings. The molecule has 80 valence electrons. The van der Waals surface area contributed by atoms with Gasteiger partial charge < -0.3 is 10.2 Å². The third-order valence-electron chi connectivity index (χ3n) is 2.26. The molecule has 0 aliphatic carbocycles. The van der Waals surface area contributed by atoms with Crippen molar-refractivity contribution in [2.24, 2.45) is 0 Å². The normalized spacial score (nSPS) is 11.1. The molecule has 2 aromatic heterocycles. The van der Waals surface area contributed by atoms with Crippen molar-refractivity contribution in [2.75, 3.05) is 5.73 Å². The molecule has 3 rings (SSSR count). The van der Waals surface area contributed by atoms with E-state index in [-0.39, 0.29) is 0 Å². The summed E-state index contributed by atoms with van der Waals surface area (Å²) in [5.74, 6) is 1.22. The zero-order valence-corrected chi connectivity index (χ0v) is 9.41. The Morgan fingerprint density at radius 2 is 2.19 bits per heavy atom. The van der Waals surface area contributed by atoms with E-state index >= 15 is 0 Å². The Bertz CT molecular complexity index is 656. The minimum Gasteiger partial charge on any atom is -0.441 e. The summed E-state index contributed by atoms with van der Waals surface area (Å²) in [7, 11) is 0. The number of aromatic nitrogens is 2. The zero-order chi connectivity index (χ0) is 11.1. The molecule has 5 heteroatoms. The van der Waals surface area contributed by atoms with Crippen LogP contribution in [0.3, 0.4) is 0 Å². The van der Waals surface area contributed by atoms with Crippen molar-refractivity contribution < 1.29 is 4.42 Å². The summed E-state index contributed by atoms with van der Waals surface area (Å²) in [5, 5.41) is 2.72. The summed E-state index contributed by atoms with van der Waals surface area (Å²) in [6, 6.07) is 5.84. The molecule has 0 aliphatic heterocycles. The van der Waals surface area contributed by atoms with Gasteiger partial charge in [-0.15, -0.1) is 11.3 Å². The summed E-state index contributed by atoms with van der Waals surface area (Å²) < 4.78 is 5.47. The number of nitrogen functional groups attached to an aromatic ring is 1. The highest BCUT2D eigenvalue weighted by molar-refractivity contribution is 7.13. The fraction of sp³-hybridized carbons (Fsp3) is 0.0909. The van der Waals surface area contributed by atoms with Crippen LogP contribution in [0.15, 0.2) is 28.0 Å². The lowest BCUT2D eigenvalue weighted by Crippen LogP contribution is -1.83. The number of thiazole rings is 1. The van der Waals surface area contributed by atoms with Crippen molar-refractivity contribution >= 4 is 28.3 Å². The van der Waals surface area contributed by atoms with E-state index in [0.29, 0.717) is 11.7 Å². The fourth-order valence-corrected chi connectivity index (χ4v) is 2.30. The van der Waals surface area contributed by atoms with Crippen molar-refractivity contribution in [2.45, 2.75) is 6.92 Å². The maximum atomic E-state index is 5.60. The summed E-state index contributed by atoms with van der Waals surface area (Å²) in [6.45, 7) is 1.83. The van der Waals surface area contributed by atoms with Gasteiger partial charge in [-0.05, 0) is 18.2 Å². The molecule has 2 heterocycles. The van der Waals surface area contributed by atoms with Gasteiger partial charge in [0.15, 0.2) is 11.5 Å². The molecule has 0 aliphatic rings. The van der Waals surface area contributed by atoms with Gasteiger partial charge in [0.25, 0.3) is 0 Å². The minimum atomic E-state index is 0.550. The average molecular weight is 231 g/mol. The molecule has 1 aromatic carbocycles. The lowest BCUT2D eigenvalue weighted by Gasteiger charge is -1.94. The molecular formula is C11H9N3OS. The second kappa shape index (κ2) is 3.31. The number of nitrogens with zero attached hydrogens (tertiary/aromatic N) is 2. The number of nitrogens with two attached hydrogens (primary N) is 1. The number of rotatable bonds is 1. The number of hydrogen-bond donors (Lipinski definition) is 1. The molecule has 0 saturated carbocycles. The summed E-state index contributed by atoms with van der Waals surface area (Å²) in [5.41, 5.74) is 8.25. The Morgan fingerprint density at radius 1 is 1.31 bits per heavy atom. The highest BCUT2D eigenvalue weighted by Crippen LogP contribution is 2.27.